The molecule has 1 heterocycles. The van der Waals surface area contributed by atoms with Gasteiger partial charge in [0.15, 0.2) is 6.29 Å². The topological polar surface area (TPSA) is 149 Å². The maximum Gasteiger partial charge on any atom is 0.220 e. The Balaban J connectivity index is 2.25. The first-order chi connectivity index (χ1) is 22.3. The van der Waals surface area contributed by atoms with Crippen molar-refractivity contribution in [2.24, 2.45) is 0 Å². The molecule has 0 bridgehead atoms. The third-order valence-electron chi connectivity index (χ3n) is 9.11. The molecular weight excluding hydrogens is 586 g/mol. The zero-order valence-electron chi connectivity index (χ0n) is 29.3. The molecule has 0 spiro atoms. The smallest absolute Gasteiger partial charge is 0.220 e. The van der Waals surface area contributed by atoms with E-state index in [0.29, 0.717) is 6.42 Å². The van der Waals surface area contributed by atoms with Gasteiger partial charge in [0.2, 0.25) is 5.91 Å². The van der Waals surface area contributed by atoms with E-state index >= 15 is 0 Å². The minimum Gasteiger partial charge on any atom is -0.394 e. The van der Waals surface area contributed by atoms with E-state index in [2.05, 4.69) is 19.2 Å². The number of carbonyl (C=O) groups excluding carboxylic acids is 1. The molecule has 0 radical (unpaired) electrons. The SMILES string of the molecule is CCCCCCCCCCCCCCCCCCCC/C=C/C(O)C(COC1OC(CO)C(O)C(O)C1O)NC(=O)CCCCC. The minimum atomic E-state index is -1.56. The molecule has 1 amide bonds. The van der Waals surface area contributed by atoms with Gasteiger partial charge in [-0.15, -0.1) is 0 Å². The van der Waals surface area contributed by atoms with Crippen LogP contribution in [0.2, 0.25) is 0 Å². The van der Waals surface area contributed by atoms with Crippen molar-refractivity contribution in [1.82, 2.24) is 5.32 Å². The Hall–Kier alpha value is -1.07. The van der Waals surface area contributed by atoms with Crippen LogP contribution in [0.1, 0.15) is 162 Å². The van der Waals surface area contributed by atoms with Crippen molar-refractivity contribution in [2.45, 2.75) is 204 Å². The summed E-state index contributed by atoms with van der Waals surface area (Å²) in [6.45, 7) is 3.58. The van der Waals surface area contributed by atoms with Crippen LogP contribution in [0.4, 0.5) is 0 Å². The average molecular weight is 658 g/mol. The summed E-state index contributed by atoms with van der Waals surface area (Å²) < 4.78 is 11.0. The molecule has 0 aliphatic carbocycles. The molecule has 1 saturated heterocycles. The molecular formula is C37H71NO8. The summed E-state index contributed by atoms with van der Waals surface area (Å²) >= 11 is 0. The highest BCUT2D eigenvalue weighted by molar-refractivity contribution is 5.76. The fourth-order valence-corrected chi connectivity index (χ4v) is 5.98. The standard InChI is InChI=1S/C37H71NO8/c1-3-5-7-8-9-10-11-12-13-14-15-16-17-18-19-20-21-22-23-25-26-31(40)30(38-33(41)27-24-6-4-2)29-45-37-36(44)35(43)34(42)32(28-39)46-37/h25-26,30-32,34-37,39-40,42-44H,3-24,27-29H2,1-2H3,(H,38,41)/b26-25+. The molecule has 1 fully saturated rings. The second kappa shape index (κ2) is 28.9. The van der Waals surface area contributed by atoms with Gasteiger partial charge in [-0.1, -0.05) is 148 Å². The molecule has 6 N–H and O–H groups in total. The lowest BCUT2D eigenvalue weighted by Gasteiger charge is -2.40. The maximum atomic E-state index is 12.5. The molecule has 1 rings (SSSR count). The lowest BCUT2D eigenvalue weighted by Crippen LogP contribution is -2.60. The van der Waals surface area contributed by atoms with Gasteiger partial charge in [0.25, 0.3) is 0 Å². The highest BCUT2D eigenvalue weighted by atomic mass is 16.7. The highest BCUT2D eigenvalue weighted by Gasteiger charge is 2.44. The number of rotatable bonds is 30. The van der Waals surface area contributed by atoms with E-state index in [0.717, 1.165) is 38.5 Å². The number of allylic oxidation sites excluding steroid dienone is 1. The Bertz CT molecular complexity index is 736. The number of amides is 1. The quantitative estimate of drug-likeness (QED) is 0.0394. The Morgan fingerprint density at radius 1 is 0.717 bits per heavy atom. The Labute approximate surface area is 280 Å². The van der Waals surface area contributed by atoms with Gasteiger partial charge >= 0.3 is 0 Å². The summed E-state index contributed by atoms with van der Waals surface area (Å²) in [5, 5.41) is 53.4. The van der Waals surface area contributed by atoms with Gasteiger partial charge in [-0.25, -0.2) is 0 Å². The maximum absolute atomic E-state index is 12.5. The van der Waals surface area contributed by atoms with E-state index in [-0.39, 0.29) is 12.5 Å². The van der Waals surface area contributed by atoms with E-state index in [1.807, 2.05) is 6.08 Å². The number of hydrogen-bond acceptors (Lipinski definition) is 8. The Kier molecular flexibility index (Phi) is 27.0. The number of carbonyl (C=O) groups is 1. The van der Waals surface area contributed by atoms with E-state index in [1.54, 1.807) is 6.08 Å². The summed E-state index contributed by atoms with van der Waals surface area (Å²) in [6.07, 6.45) is 23.4. The summed E-state index contributed by atoms with van der Waals surface area (Å²) in [4.78, 5) is 12.5. The monoisotopic (exact) mass is 658 g/mol. The van der Waals surface area contributed by atoms with Crippen LogP contribution >= 0.6 is 0 Å². The fraction of sp³-hybridized carbons (Fsp3) is 0.919. The number of nitrogens with one attached hydrogen (secondary N) is 1. The largest absolute Gasteiger partial charge is 0.394 e. The van der Waals surface area contributed by atoms with Crippen molar-refractivity contribution >= 4 is 5.91 Å². The predicted octanol–water partition coefficient (Wildman–Crippen LogP) is 6.22. The molecule has 272 valence electrons. The van der Waals surface area contributed by atoms with Crippen molar-refractivity contribution in [3.63, 3.8) is 0 Å². The molecule has 46 heavy (non-hydrogen) atoms. The van der Waals surface area contributed by atoms with E-state index in [9.17, 15) is 30.3 Å². The van der Waals surface area contributed by atoms with Gasteiger partial charge in [0.1, 0.15) is 24.4 Å². The van der Waals surface area contributed by atoms with E-state index in [4.69, 9.17) is 9.47 Å². The lowest BCUT2D eigenvalue weighted by molar-refractivity contribution is -0.302. The zero-order valence-corrected chi connectivity index (χ0v) is 29.3. The first kappa shape index (κ1) is 43.0. The molecule has 0 saturated carbocycles. The third kappa shape index (κ3) is 20.3. The van der Waals surface area contributed by atoms with Crippen LogP contribution in [0.15, 0.2) is 12.2 Å². The Morgan fingerprint density at radius 3 is 1.70 bits per heavy atom. The van der Waals surface area contributed by atoms with Crippen LogP contribution < -0.4 is 5.32 Å². The molecule has 0 aromatic carbocycles. The summed E-state index contributed by atoms with van der Waals surface area (Å²) in [5.41, 5.74) is 0. The molecule has 9 heteroatoms. The second-order valence-electron chi connectivity index (χ2n) is 13.4. The van der Waals surface area contributed by atoms with Crippen LogP contribution in [0.3, 0.4) is 0 Å². The molecule has 7 unspecified atom stereocenters. The van der Waals surface area contributed by atoms with E-state index < -0.39 is 49.5 Å². The highest BCUT2D eigenvalue weighted by Crippen LogP contribution is 2.22. The van der Waals surface area contributed by atoms with Crippen LogP contribution in [0, 0.1) is 0 Å². The summed E-state index contributed by atoms with van der Waals surface area (Å²) in [5.74, 6) is -0.202. The molecule has 0 aromatic heterocycles. The Morgan fingerprint density at radius 2 is 1.20 bits per heavy atom. The van der Waals surface area contributed by atoms with Crippen molar-refractivity contribution < 1.29 is 39.8 Å². The van der Waals surface area contributed by atoms with E-state index in [1.165, 1.54) is 103 Å². The fourth-order valence-electron chi connectivity index (χ4n) is 5.98. The predicted molar refractivity (Wildman–Crippen MR) is 184 cm³/mol. The number of hydrogen-bond donors (Lipinski definition) is 6. The first-order valence-corrected chi connectivity index (χ1v) is 18.9. The second-order valence-corrected chi connectivity index (χ2v) is 13.4. The number of aliphatic hydroxyl groups is 5. The van der Waals surface area contributed by atoms with Crippen LogP contribution in [0.25, 0.3) is 0 Å². The molecule has 7 atom stereocenters. The minimum absolute atomic E-state index is 0.188. The molecule has 1 aliphatic heterocycles. The third-order valence-corrected chi connectivity index (χ3v) is 9.11. The normalized spacial score (nSPS) is 23.2. The van der Waals surface area contributed by atoms with Crippen LogP contribution in [-0.2, 0) is 14.3 Å². The summed E-state index contributed by atoms with van der Waals surface area (Å²) in [7, 11) is 0. The van der Waals surface area contributed by atoms with Crippen molar-refractivity contribution in [1.29, 1.82) is 0 Å². The van der Waals surface area contributed by atoms with Gasteiger partial charge < -0.3 is 40.3 Å². The van der Waals surface area contributed by atoms with Crippen LogP contribution in [-0.4, -0.2) is 87.5 Å². The van der Waals surface area contributed by atoms with Gasteiger partial charge in [0.05, 0.1) is 25.4 Å². The molecule has 0 aromatic rings. The van der Waals surface area contributed by atoms with Crippen LogP contribution in [0.5, 0.6) is 0 Å². The zero-order chi connectivity index (χ0) is 33.8. The number of aliphatic hydroxyl groups excluding tert-OH is 5. The average Bonchev–Trinajstić information content (AvgIpc) is 3.05. The first-order valence-electron chi connectivity index (χ1n) is 18.9. The van der Waals surface area contributed by atoms with Crippen molar-refractivity contribution in [3.8, 4) is 0 Å². The number of unbranched alkanes of at least 4 members (excludes halogenated alkanes) is 20. The summed E-state index contributed by atoms with van der Waals surface area (Å²) in [6, 6.07) is -0.793. The van der Waals surface area contributed by atoms with Gasteiger partial charge in [-0.2, -0.15) is 0 Å². The van der Waals surface area contributed by atoms with Crippen molar-refractivity contribution in [3.05, 3.63) is 12.2 Å². The number of ether oxygens (including phenoxy) is 2. The van der Waals surface area contributed by atoms with Gasteiger partial charge in [-0.05, 0) is 19.3 Å². The van der Waals surface area contributed by atoms with Gasteiger partial charge in [0, 0.05) is 6.42 Å². The van der Waals surface area contributed by atoms with Gasteiger partial charge in [-0.3, -0.25) is 4.79 Å². The molecule has 9 nitrogen and oxygen atoms in total. The van der Waals surface area contributed by atoms with Crippen molar-refractivity contribution in [2.75, 3.05) is 13.2 Å². The molecule has 1 aliphatic rings. The lowest BCUT2D eigenvalue weighted by atomic mass is 9.99.